The van der Waals surface area contributed by atoms with E-state index in [2.05, 4.69) is 4.98 Å². The summed E-state index contributed by atoms with van der Waals surface area (Å²) < 4.78 is 0. The highest BCUT2D eigenvalue weighted by molar-refractivity contribution is 5.88. The predicted octanol–water partition coefficient (Wildman–Crippen LogP) is 2.03. The second kappa shape index (κ2) is 4.02. The molecule has 4 heteroatoms. The second-order valence-electron chi connectivity index (χ2n) is 3.32. The number of nitrogens with two attached hydrogens (primary N) is 1. The summed E-state index contributed by atoms with van der Waals surface area (Å²) in [6.07, 6.45) is 1.62. The summed E-state index contributed by atoms with van der Waals surface area (Å²) in [5, 5.41) is 8.76. The third kappa shape index (κ3) is 1.86. The first-order chi connectivity index (χ1) is 7.68. The Morgan fingerprint density at radius 1 is 1.19 bits per heavy atom. The lowest BCUT2D eigenvalue weighted by molar-refractivity contribution is 0.0697. The lowest BCUT2D eigenvalue weighted by atomic mass is 10.0. The molecule has 0 spiro atoms. The van der Waals surface area contributed by atoms with Crippen LogP contribution in [0.4, 0.5) is 5.82 Å². The molecule has 2 aromatic rings. The number of anilines is 1. The van der Waals surface area contributed by atoms with Crippen molar-refractivity contribution in [3.05, 3.63) is 48.2 Å². The Kier molecular flexibility index (Phi) is 2.55. The van der Waals surface area contributed by atoms with Crippen LogP contribution in [0, 0.1) is 0 Å². The highest BCUT2D eigenvalue weighted by atomic mass is 16.4. The Bertz CT molecular complexity index is 521. The normalized spacial score (nSPS) is 10.0. The van der Waals surface area contributed by atoms with Crippen LogP contribution in [0.5, 0.6) is 0 Å². The first-order valence-corrected chi connectivity index (χ1v) is 4.72. The Morgan fingerprint density at radius 2 is 1.88 bits per heavy atom. The fourth-order valence-corrected chi connectivity index (χ4v) is 1.45. The van der Waals surface area contributed by atoms with Crippen molar-refractivity contribution < 1.29 is 9.90 Å². The molecule has 0 radical (unpaired) electrons. The van der Waals surface area contributed by atoms with Gasteiger partial charge in [-0.15, -0.1) is 0 Å². The zero-order valence-electron chi connectivity index (χ0n) is 8.42. The van der Waals surface area contributed by atoms with Crippen molar-refractivity contribution in [2.75, 3.05) is 5.73 Å². The van der Waals surface area contributed by atoms with Gasteiger partial charge in [0.1, 0.15) is 5.82 Å². The largest absolute Gasteiger partial charge is 0.478 e. The highest BCUT2D eigenvalue weighted by Crippen LogP contribution is 2.23. The van der Waals surface area contributed by atoms with Crippen LogP contribution in [0.2, 0.25) is 0 Å². The van der Waals surface area contributed by atoms with E-state index in [9.17, 15) is 4.79 Å². The van der Waals surface area contributed by atoms with Crippen LogP contribution in [0.1, 0.15) is 10.4 Å². The molecule has 2 rings (SSSR count). The number of carboxylic acid groups (broad SMARTS) is 1. The van der Waals surface area contributed by atoms with Crippen molar-refractivity contribution in [2.45, 2.75) is 0 Å². The van der Waals surface area contributed by atoms with Crippen molar-refractivity contribution in [3.8, 4) is 11.1 Å². The molecule has 0 saturated heterocycles. The second-order valence-corrected chi connectivity index (χ2v) is 3.32. The molecular formula is C12H10N2O2. The van der Waals surface area contributed by atoms with Gasteiger partial charge in [0, 0.05) is 11.8 Å². The van der Waals surface area contributed by atoms with Gasteiger partial charge in [-0.25, -0.2) is 9.78 Å². The van der Waals surface area contributed by atoms with Gasteiger partial charge in [-0.3, -0.25) is 0 Å². The number of nitrogens with zero attached hydrogens (tertiary/aromatic N) is 1. The summed E-state index contributed by atoms with van der Waals surface area (Å²) >= 11 is 0. The molecule has 0 atom stereocenters. The fraction of sp³-hybridized carbons (Fsp3) is 0. The minimum absolute atomic E-state index is 0.256. The summed E-state index contributed by atoms with van der Waals surface area (Å²) in [7, 11) is 0. The number of hydrogen-bond acceptors (Lipinski definition) is 3. The van der Waals surface area contributed by atoms with Crippen LogP contribution < -0.4 is 5.73 Å². The van der Waals surface area contributed by atoms with Crippen molar-refractivity contribution >= 4 is 11.8 Å². The Labute approximate surface area is 92.4 Å². The molecule has 0 amide bonds. The lowest BCUT2D eigenvalue weighted by Gasteiger charge is -2.04. The topological polar surface area (TPSA) is 76.2 Å². The van der Waals surface area contributed by atoms with Gasteiger partial charge in [0.2, 0.25) is 0 Å². The van der Waals surface area contributed by atoms with Crippen LogP contribution in [-0.2, 0) is 0 Å². The van der Waals surface area contributed by atoms with Crippen LogP contribution in [-0.4, -0.2) is 16.1 Å². The summed E-state index contributed by atoms with van der Waals surface area (Å²) in [5.74, 6) is -0.503. The quantitative estimate of drug-likeness (QED) is 0.801. The third-order valence-corrected chi connectivity index (χ3v) is 2.28. The number of benzene rings is 1. The molecule has 0 aliphatic carbocycles. The Morgan fingerprint density at radius 3 is 2.44 bits per heavy atom. The molecule has 0 aliphatic heterocycles. The molecule has 0 aliphatic rings. The number of aromatic nitrogens is 1. The zero-order valence-corrected chi connectivity index (χ0v) is 8.42. The molecule has 0 saturated carbocycles. The number of carboxylic acids is 1. The minimum Gasteiger partial charge on any atom is -0.478 e. The van der Waals surface area contributed by atoms with Gasteiger partial charge in [0.05, 0.1) is 5.56 Å². The van der Waals surface area contributed by atoms with E-state index in [0.29, 0.717) is 5.82 Å². The monoisotopic (exact) mass is 214 g/mol. The first kappa shape index (κ1) is 10.2. The van der Waals surface area contributed by atoms with E-state index in [-0.39, 0.29) is 5.56 Å². The molecule has 1 heterocycles. The Hall–Kier alpha value is -2.36. The number of hydrogen-bond donors (Lipinski definition) is 2. The smallest absolute Gasteiger partial charge is 0.335 e. The molecule has 0 bridgehead atoms. The molecule has 3 N–H and O–H groups in total. The summed E-state index contributed by atoms with van der Waals surface area (Å²) in [5.41, 5.74) is 7.64. The molecule has 0 unspecified atom stereocenters. The predicted molar refractivity (Wildman–Crippen MR) is 61.0 cm³/mol. The highest BCUT2D eigenvalue weighted by Gasteiger charge is 2.05. The standard InChI is InChI=1S/C12H10N2O2/c13-11-10(2-1-7-14-11)8-3-5-9(6-4-8)12(15)16/h1-7H,(H2,13,14)(H,15,16). The summed E-state index contributed by atoms with van der Waals surface area (Å²) in [6.45, 7) is 0. The van der Waals surface area contributed by atoms with Crippen molar-refractivity contribution in [1.82, 2.24) is 4.98 Å². The maximum atomic E-state index is 10.7. The van der Waals surface area contributed by atoms with E-state index < -0.39 is 5.97 Å². The van der Waals surface area contributed by atoms with Crippen LogP contribution in [0.15, 0.2) is 42.6 Å². The maximum Gasteiger partial charge on any atom is 0.335 e. The average Bonchev–Trinajstić information content (AvgIpc) is 2.30. The molecule has 16 heavy (non-hydrogen) atoms. The average molecular weight is 214 g/mol. The SMILES string of the molecule is Nc1ncccc1-c1ccc(C(=O)O)cc1. The van der Waals surface area contributed by atoms with Crippen molar-refractivity contribution in [2.24, 2.45) is 0 Å². The maximum absolute atomic E-state index is 10.7. The number of nitrogen functional groups attached to an aromatic ring is 1. The summed E-state index contributed by atoms with van der Waals surface area (Å²) in [4.78, 5) is 14.7. The molecule has 80 valence electrons. The van der Waals surface area contributed by atoms with Gasteiger partial charge in [-0.05, 0) is 29.8 Å². The fourth-order valence-electron chi connectivity index (χ4n) is 1.45. The molecule has 1 aromatic heterocycles. The van der Waals surface area contributed by atoms with E-state index in [1.807, 2.05) is 6.07 Å². The third-order valence-electron chi connectivity index (χ3n) is 2.28. The van der Waals surface area contributed by atoms with Gasteiger partial charge < -0.3 is 10.8 Å². The van der Waals surface area contributed by atoms with E-state index in [1.165, 1.54) is 0 Å². The van der Waals surface area contributed by atoms with Crippen LogP contribution in [0.25, 0.3) is 11.1 Å². The van der Waals surface area contributed by atoms with Gasteiger partial charge >= 0.3 is 5.97 Å². The molecule has 4 nitrogen and oxygen atoms in total. The van der Waals surface area contributed by atoms with Gasteiger partial charge in [0.15, 0.2) is 0 Å². The zero-order chi connectivity index (χ0) is 11.5. The number of pyridine rings is 1. The number of rotatable bonds is 2. The van der Waals surface area contributed by atoms with E-state index in [4.69, 9.17) is 10.8 Å². The molecule has 1 aromatic carbocycles. The summed E-state index contributed by atoms with van der Waals surface area (Å²) in [6, 6.07) is 10.2. The molecule has 0 fully saturated rings. The van der Waals surface area contributed by atoms with Crippen LogP contribution >= 0.6 is 0 Å². The first-order valence-electron chi connectivity index (χ1n) is 4.72. The van der Waals surface area contributed by atoms with Gasteiger partial charge in [-0.1, -0.05) is 12.1 Å². The minimum atomic E-state index is -0.939. The molecular weight excluding hydrogens is 204 g/mol. The lowest BCUT2D eigenvalue weighted by Crippen LogP contribution is -1.96. The van der Waals surface area contributed by atoms with Gasteiger partial charge in [0.25, 0.3) is 0 Å². The van der Waals surface area contributed by atoms with Gasteiger partial charge in [-0.2, -0.15) is 0 Å². The van der Waals surface area contributed by atoms with Crippen LogP contribution in [0.3, 0.4) is 0 Å². The number of carbonyl (C=O) groups is 1. The van der Waals surface area contributed by atoms with E-state index in [1.54, 1.807) is 36.5 Å². The van der Waals surface area contributed by atoms with E-state index in [0.717, 1.165) is 11.1 Å². The number of aromatic carboxylic acids is 1. The Balaban J connectivity index is 2.43. The van der Waals surface area contributed by atoms with Crippen molar-refractivity contribution in [3.63, 3.8) is 0 Å². The van der Waals surface area contributed by atoms with E-state index >= 15 is 0 Å². The van der Waals surface area contributed by atoms with Crippen molar-refractivity contribution in [1.29, 1.82) is 0 Å².